The van der Waals surface area contributed by atoms with E-state index in [-0.39, 0.29) is 16.4 Å². The van der Waals surface area contributed by atoms with Gasteiger partial charge in [0.25, 0.3) is 0 Å². The second-order valence-electron chi connectivity index (χ2n) is 11.9. The fourth-order valence-electron chi connectivity index (χ4n) is 5.98. The van der Waals surface area contributed by atoms with E-state index in [2.05, 4.69) is 59.5 Å². The van der Waals surface area contributed by atoms with Crippen molar-refractivity contribution in [1.29, 1.82) is 0 Å². The van der Waals surface area contributed by atoms with E-state index in [4.69, 9.17) is 4.43 Å². The largest absolute Gasteiger partial charge is 0.414 e. The summed E-state index contributed by atoms with van der Waals surface area (Å²) in [4.78, 5) is 12.2. The fourth-order valence-corrected chi connectivity index (χ4v) is 7.37. The van der Waals surface area contributed by atoms with Crippen molar-refractivity contribution in [2.75, 3.05) is 0 Å². The van der Waals surface area contributed by atoms with E-state index in [0.717, 1.165) is 25.7 Å². The van der Waals surface area contributed by atoms with Gasteiger partial charge in [0.2, 0.25) is 0 Å². The monoisotopic (exact) mass is 428 g/mol. The lowest BCUT2D eigenvalue weighted by Gasteiger charge is -2.41. The van der Waals surface area contributed by atoms with Crippen molar-refractivity contribution in [3.05, 3.63) is 35.5 Å². The predicted octanol–water partition coefficient (Wildman–Crippen LogP) is 7.78. The summed E-state index contributed by atoms with van der Waals surface area (Å²) in [5.74, 6) is 1.23. The summed E-state index contributed by atoms with van der Waals surface area (Å²) in [6.07, 6.45) is 14.1. The average Bonchev–Trinajstić information content (AvgIpc) is 2.98. The summed E-state index contributed by atoms with van der Waals surface area (Å²) >= 11 is 0. The van der Waals surface area contributed by atoms with Gasteiger partial charge >= 0.3 is 0 Å². The number of fused-ring (bicyclic) bond motifs is 1. The van der Waals surface area contributed by atoms with Gasteiger partial charge < -0.3 is 4.43 Å². The number of hydrogen-bond donors (Lipinski definition) is 0. The van der Waals surface area contributed by atoms with Crippen LogP contribution in [-0.2, 0) is 9.22 Å². The molecule has 0 saturated heterocycles. The number of carbonyl (C=O) groups is 1. The minimum absolute atomic E-state index is 0.173. The van der Waals surface area contributed by atoms with Crippen molar-refractivity contribution in [3.8, 4) is 0 Å². The Labute approximate surface area is 186 Å². The molecular weight excluding hydrogens is 384 g/mol. The van der Waals surface area contributed by atoms with Crippen LogP contribution < -0.4 is 0 Å². The molecule has 0 amide bonds. The van der Waals surface area contributed by atoms with Crippen LogP contribution in [0.4, 0.5) is 0 Å². The molecule has 0 aromatic heterocycles. The van der Waals surface area contributed by atoms with Gasteiger partial charge in [0, 0.05) is 12.0 Å². The summed E-state index contributed by atoms with van der Waals surface area (Å²) in [6.45, 7) is 20.2. The van der Waals surface area contributed by atoms with E-state index >= 15 is 0 Å². The molecule has 0 N–H and O–H groups in total. The summed E-state index contributed by atoms with van der Waals surface area (Å²) in [5, 5.41) is 0.246. The average molecular weight is 429 g/mol. The SMILES string of the molecule is C=C1CC[C@H](O[Si](C)(C)C(C)(C)C)C/C1=C/C=C1\CCC[C@]2(C)[C@@H](C(C)=O)CC[C@@H]12. The van der Waals surface area contributed by atoms with Crippen LogP contribution >= 0.6 is 0 Å². The first kappa shape index (κ1) is 23.7. The van der Waals surface area contributed by atoms with Crippen LogP contribution in [0.25, 0.3) is 0 Å². The number of carbonyl (C=O) groups excluding carboxylic acids is 1. The summed E-state index contributed by atoms with van der Waals surface area (Å²) in [5.41, 5.74) is 4.41. The molecule has 4 atom stereocenters. The molecular formula is C27H44O2Si. The highest BCUT2D eigenvalue weighted by molar-refractivity contribution is 6.74. The molecule has 3 heteroatoms. The number of rotatable bonds is 4. The third-order valence-electron chi connectivity index (χ3n) is 8.89. The number of Topliss-reactive ketones (excluding diaryl/α,β-unsaturated/α-hetero) is 1. The molecule has 3 aliphatic carbocycles. The zero-order valence-corrected chi connectivity index (χ0v) is 21.6. The van der Waals surface area contributed by atoms with E-state index in [1.807, 2.05) is 0 Å². The van der Waals surface area contributed by atoms with Crippen LogP contribution in [0, 0.1) is 17.3 Å². The second kappa shape index (κ2) is 8.54. The molecule has 0 aromatic rings. The second-order valence-corrected chi connectivity index (χ2v) is 16.7. The quantitative estimate of drug-likeness (QED) is 0.427. The number of hydrogen-bond acceptors (Lipinski definition) is 2. The van der Waals surface area contributed by atoms with Crippen molar-refractivity contribution in [2.45, 2.75) is 110 Å². The van der Waals surface area contributed by atoms with Crippen LogP contribution in [-0.4, -0.2) is 20.2 Å². The van der Waals surface area contributed by atoms with E-state index < -0.39 is 8.32 Å². The third kappa shape index (κ3) is 4.62. The maximum atomic E-state index is 12.2. The van der Waals surface area contributed by atoms with Crippen molar-refractivity contribution in [2.24, 2.45) is 17.3 Å². The van der Waals surface area contributed by atoms with Crippen LogP contribution in [0.2, 0.25) is 18.1 Å². The summed E-state index contributed by atoms with van der Waals surface area (Å²) in [6, 6.07) is 0. The highest BCUT2D eigenvalue weighted by atomic mass is 28.4. The van der Waals surface area contributed by atoms with Crippen LogP contribution in [0.15, 0.2) is 35.5 Å². The van der Waals surface area contributed by atoms with Gasteiger partial charge in [-0.15, -0.1) is 0 Å². The molecule has 2 nitrogen and oxygen atoms in total. The molecule has 0 aromatic carbocycles. The number of ketones is 1. The van der Waals surface area contributed by atoms with Gasteiger partial charge in [-0.25, -0.2) is 0 Å². The van der Waals surface area contributed by atoms with Crippen molar-refractivity contribution in [3.63, 3.8) is 0 Å². The van der Waals surface area contributed by atoms with Gasteiger partial charge in [-0.1, -0.05) is 57.6 Å². The first-order valence-electron chi connectivity index (χ1n) is 12.1. The predicted molar refractivity (Wildman–Crippen MR) is 130 cm³/mol. The standard InChI is InChI=1S/C27H44O2Si/c1-19-11-14-23(29-30(7,8)26(3,4)5)18-22(19)13-12-21-10-9-17-27(6)24(20(2)28)15-16-25(21)27/h12-13,23-25H,1,9-11,14-18H2,2-8H3/b21-12+,22-13-/t23-,24+,25-,27+/m0/s1. The molecule has 0 spiro atoms. The lowest BCUT2D eigenvalue weighted by Crippen LogP contribution is -2.44. The normalized spacial score (nSPS) is 35.7. The fraction of sp³-hybridized carbons (Fsp3) is 0.741. The lowest BCUT2D eigenvalue weighted by molar-refractivity contribution is -0.124. The minimum atomic E-state index is -1.75. The zero-order chi connectivity index (χ0) is 22.3. The Kier molecular flexibility index (Phi) is 6.75. The van der Waals surface area contributed by atoms with Gasteiger partial charge in [0.15, 0.2) is 8.32 Å². The van der Waals surface area contributed by atoms with Gasteiger partial charge in [-0.3, -0.25) is 4.79 Å². The van der Waals surface area contributed by atoms with E-state index in [9.17, 15) is 4.79 Å². The minimum Gasteiger partial charge on any atom is -0.414 e. The molecule has 3 rings (SSSR count). The van der Waals surface area contributed by atoms with Crippen LogP contribution in [0.5, 0.6) is 0 Å². The molecule has 0 unspecified atom stereocenters. The Morgan fingerprint density at radius 2 is 1.87 bits per heavy atom. The maximum absolute atomic E-state index is 12.2. The molecule has 168 valence electrons. The Hall–Kier alpha value is -0.933. The Balaban J connectivity index is 1.76. The third-order valence-corrected chi connectivity index (χ3v) is 13.4. The molecule has 3 saturated carbocycles. The highest BCUT2D eigenvalue weighted by Gasteiger charge is 2.50. The van der Waals surface area contributed by atoms with Crippen LogP contribution in [0.1, 0.15) is 86.0 Å². The van der Waals surface area contributed by atoms with Crippen LogP contribution in [0.3, 0.4) is 0 Å². The van der Waals surface area contributed by atoms with Gasteiger partial charge in [0.05, 0.1) is 0 Å². The van der Waals surface area contributed by atoms with E-state index in [1.165, 1.54) is 36.8 Å². The van der Waals surface area contributed by atoms with Gasteiger partial charge in [-0.2, -0.15) is 0 Å². The molecule has 3 aliphatic rings. The van der Waals surface area contributed by atoms with Gasteiger partial charge in [-0.05, 0) is 93.3 Å². The number of allylic oxidation sites excluding steroid dienone is 4. The van der Waals surface area contributed by atoms with E-state index in [0.29, 0.717) is 17.8 Å². The van der Waals surface area contributed by atoms with Crippen molar-refractivity contribution >= 4 is 14.1 Å². The van der Waals surface area contributed by atoms with Crippen molar-refractivity contribution in [1.82, 2.24) is 0 Å². The first-order valence-corrected chi connectivity index (χ1v) is 15.0. The maximum Gasteiger partial charge on any atom is 0.192 e. The Morgan fingerprint density at radius 3 is 2.50 bits per heavy atom. The smallest absolute Gasteiger partial charge is 0.192 e. The molecule has 0 heterocycles. The molecule has 0 radical (unpaired) electrons. The lowest BCUT2D eigenvalue weighted by atomic mass is 9.63. The van der Waals surface area contributed by atoms with Crippen molar-refractivity contribution < 1.29 is 9.22 Å². The molecule has 0 aliphatic heterocycles. The molecule has 0 bridgehead atoms. The topological polar surface area (TPSA) is 26.3 Å². The zero-order valence-electron chi connectivity index (χ0n) is 20.6. The molecule has 30 heavy (non-hydrogen) atoms. The summed E-state index contributed by atoms with van der Waals surface area (Å²) < 4.78 is 6.74. The Morgan fingerprint density at radius 1 is 1.17 bits per heavy atom. The summed E-state index contributed by atoms with van der Waals surface area (Å²) in [7, 11) is -1.75. The van der Waals surface area contributed by atoms with Gasteiger partial charge in [0.1, 0.15) is 5.78 Å². The highest BCUT2D eigenvalue weighted by Crippen LogP contribution is 2.57. The molecule has 3 fully saturated rings. The van der Waals surface area contributed by atoms with E-state index in [1.54, 1.807) is 12.5 Å². The first-order chi connectivity index (χ1) is 13.8. The Bertz CT molecular complexity index is 751.